The highest BCUT2D eigenvalue weighted by atomic mass is 16.5. The largest absolute Gasteiger partial charge is 0.380 e. The topological polar surface area (TPSA) is 59.1 Å². The summed E-state index contributed by atoms with van der Waals surface area (Å²) in [6.45, 7) is 8.86. The van der Waals surface area contributed by atoms with Crippen LogP contribution in [0.2, 0.25) is 0 Å². The predicted octanol–water partition coefficient (Wildman–Crippen LogP) is 1.67. The summed E-state index contributed by atoms with van der Waals surface area (Å²) < 4.78 is 5.15. The number of nitrogens with one attached hydrogen (secondary N) is 2. The molecule has 0 bridgehead atoms. The summed E-state index contributed by atoms with van der Waals surface area (Å²) in [5, 5.41) is 14.8. The predicted molar refractivity (Wildman–Crippen MR) is 73.5 cm³/mol. The highest BCUT2D eigenvalue weighted by Gasteiger charge is 2.01. The molecule has 0 aliphatic carbocycles. The summed E-state index contributed by atoms with van der Waals surface area (Å²) in [7, 11) is 1.70. The molecule has 1 aromatic heterocycles. The molecule has 1 atom stereocenters. The molecular formula is C13H24N4O. The SMILES string of the molecule is COC(C)CNc1ccc(CNCC(C)C)nn1. The molecule has 0 spiro atoms. The molecule has 1 aromatic rings. The van der Waals surface area contributed by atoms with Crippen LogP contribution in [-0.2, 0) is 11.3 Å². The minimum atomic E-state index is 0.166. The molecule has 0 aliphatic heterocycles. The first kappa shape index (κ1) is 14.9. The van der Waals surface area contributed by atoms with E-state index in [9.17, 15) is 0 Å². The standard InChI is InChI=1S/C13H24N4O/c1-10(2)7-14-9-12-5-6-13(17-16-12)15-8-11(3)18-4/h5-6,10-11,14H,7-9H2,1-4H3,(H,15,17). The van der Waals surface area contributed by atoms with E-state index < -0.39 is 0 Å². The summed E-state index contributed by atoms with van der Waals surface area (Å²) >= 11 is 0. The summed E-state index contributed by atoms with van der Waals surface area (Å²) in [6, 6.07) is 3.93. The van der Waals surface area contributed by atoms with Crippen molar-refractivity contribution < 1.29 is 4.74 Å². The third-order valence-corrected chi connectivity index (χ3v) is 2.55. The van der Waals surface area contributed by atoms with Gasteiger partial charge in [-0.2, -0.15) is 5.10 Å². The average molecular weight is 252 g/mol. The van der Waals surface area contributed by atoms with Crippen molar-refractivity contribution in [2.24, 2.45) is 5.92 Å². The van der Waals surface area contributed by atoms with Gasteiger partial charge in [-0.15, -0.1) is 5.10 Å². The van der Waals surface area contributed by atoms with Crippen molar-refractivity contribution in [3.8, 4) is 0 Å². The van der Waals surface area contributed by atoms with E-state index in [1.807, 2.05) is 19.1 Å². The second-order valence-electron chi connectivity index (χ2n) is 4.86. The van der Waals surface area contributed by atoms with Crippen molar-refractivity contribution >= 4 is 5.82 Å². The van der Waals surface area contributed by atoms with Crippen LogP contribution in [-0.4, -0.2) is 36.5 Å². The number of anilines is 1. The van der Waals surface area contributed by atoms with Gasteiger partial charge in [-0.1, -0.05) is 13.8 Å². The Labute approximate surface area is 109 Å². The zero-order valence-corrected chi connectivity index (χ0v) is 11.7. The van der Waals surface area contributed by atoms with Gasteiger partial charge >= 0.3 is 0 Å². The minimum absolute atomic E-state index is 0.166. The van der Waals surface area contributed by atoms with Gasteiger partial charge < -0.3 is 15.4 Å². The summed E-state index contributed by atoms with van der Waals surface area (Å²) in [5.41, 5.74) is 0.959. The molecule has 102 valence electrons. The Morgan fingerprint density at radius 1 is 1.17 bits per heavy atom. The van der Waals surface area contributed by atoms with Gasteiger partial charge in [-0.25, -0.2) is 0 Å². The van der Waals surface area contributed by atoms with Gasteiger partial charge in [-0.05, 0) is 31.5 Å². The van der Waals surface area contributed by atoms with Crippen LogP contribution in [0, 0.1) is 5.92 Å². The fraction of sp³-hybridized carbons (Fsp3) is 0.692. The minimum Gasteiger partial charge on any atom is -0.380 e. The molecule has 0 radical (unpaired) electrons. The van der Waals surface area contributed by atoms with Crippen molar-refractivity contribution in [2.45, 2.75) is 33.4 Å². The number of ether oxygens (including phenoxy) is 1. The maximum atomic E-state index is 5.15. The number of hydrogen-bond donors (Lipinski definition) is 2. The zero-order valence-electron chi connectivity index (χ0n) is 11.7. The van der Waals surface area contributed by atoms with Crippen molar-refractivity contribution in [3.05, 3.63) is 17.8 Å². The van der Waals surface area contributed by atoms with Crippen LogP contribution in [0.1, 0.15) is 26.5 Å². The fourth-order valence-corrected chi connectivity index (χ4v) is 1.37. The molecule has 5 nitrogen and oxygen atoms in total. The first-order valence-electron chi connectivity index (χ1n) is 6.41. The zero-order chi connectivity index (χ0) is 13.4. The quantitative estimate of drug-likeness (QED) is 0.737. The Balaban J connectivity index is 2.33. The molecule has 18 heavy (non-hydrogen) atoms. The van der Waals surface area contributed by atoms with E-state index in [-0.39, 0.29) is 6.10 Å². The van der Waals surface area contributed by atoms with Crippen molar-refractivity contribution in [1.82, 2.24) is 15.5 Å². The third-order valence-electron chi connectivity index (χ3n) is 2.55. The molecule has 0 aliphatic rings. The molecule has 0 amide bonds. The lowest BCUT2D eigenvalue weighted by molar-refractivity contribution is 0.128. The van der Waals surface area contributed by atoms with E-state index in [0.717, 1.165) is 31.1 Å². The first-order chi connectivity index (χ1) is 8.61. The Morgan fingerprint density at radius 3 is 2.50 bits per heavy atom. The summed E-state index contributed by atoms with van der Waals surface area (Å²) in [4.78, 5) is 0. The van der Waals surface area contributed by atoms with Gasteiger partial charge in [0.25, 0.3) is 0 Å². The summed E-state index contributed by atoms with van der Waals surface area (Å²) in [5.74, 6) is 1.43. The highest BCUT2D eigenvalue weighted by Crippen LogP contribution is 2.02. The molecule has 5 heteroatoms. The van der Waals surface area contributed by atoms with E-state index in [2.05, 4.69) is 34.7 Å². The van der Waals surface area contributed by atoms with Gasteiger partial charge in [-0.3, -0.25) is 0 Å². The molecule has 0 saturated heterocycles. The molecule has 1 rings (SSSR count). The molecule has 0 saturated carbocycles. The van der Waals surface area contributed by atoms with Crippen LogP contribution in [0.4, 0.5) is 5.82 Å². The second kappa shape index (κ2) is 8.00. The third kappa shape index (κ3) is 5.93. The second-order valence-corrected chi connectivity index (χ2v) is 4.86. The molecule has 2 N–H and O–H groups in total. The Hall–Kier alpha value is -1.20. The van der Waals surface area contributed by atoms with Crippen molar-refractivity contribution in [3.63, 3.8) is 0 Å². The van der Waals surface area contributed by atoms with Crippen LogP contribution < -0.4 is 10.6 Å². The number of rotatable bonds is 8. The lowest BCUT2D eigenvalue weighted by atomic mass is 10.2. The lowest BCUT2D eigenvalue weighted by Gasteiger charge is -2.11. The van der Waals surface area contributed by atoms with Crippen molar-refractivity contribution in [2.75, 3.05) is 25.5 Å². The number of aromatic nitrogens is 2. The molecule has 0 aromatic carbocycles. The lowest BCUT2D eigenvalue weighted by Crippen LogP contribution is -2.21. The van der Waals surface area contributed by atoms with E-state index >= 15 is 0 Å². The van der Waals surface area contributed by atoms with E-state index in [1.165, 1.54) is 0 Å². The monoisotopic (exact) mass is 252 g/mol. The molecule has 1 unspecified atom stereocenters. The van der Waals surface area contributed by atoms with Gasteiger partial charge in [0.15, 0.2) is 0 Å². The van der Waals surface area contributed by atoms with E-state index in [0.29, 0.717) is 5.92 Å². The van der Waals surface area contributed by atoms with Crippen LogP contribution in [0.25, 0.3) is 0 Å². The van der Waals surface area contributed by atoms with Crippen LogP contribution in [0.5, 0.6) is 0 Å². The Bertz CT molecular complexity index is 326. The van der Waals surface area contributed by atoms with E-state index in [4.69, 9.17) is 4.74 Å². The van der Waals surface area contributed by atoms with Gasteiger partial charge in [0.1, 0.15) is 5.82 Å². The van der Waals surface area contributed by atoms with Crippen molar-refractivity contribution in [1.29, 1.82) is 0 Å². The molecule has 0 fully saturated rings. The van der Waals surface area contributed by atoms with Crippen LogP contribution >= 0.6 is 0 Å². The first-order valence-corrected chi connectivity index (χ1v) is 6.41. The maximum absolute atomic E-state index is 5.15. The Kier molecular flexibility index (Phi) is 6.60. The molecular weight excluding hydrogens is 228 g/mol. The maximum Gasteiger partial charge on any atom is 0.148 e. The van der Waals surface area contributed by atoms with E-state index in [1.54, 1.807) is 7.11 Å². The highest BCUT2D eigenvalue weighted by molar-refractivity contribution is 5.32. The summed E-state index contributed by atoms with van der Waals surface area (Å²) in [6.07, 6.45) is 0.166. The van der Waals surface area contributed by atoms with Gasteiger partial charge in [0.05, 0.1) is 11.8 Å². The van der Waals surface area contributed by atoms with Crippen LogP contribution in [0.3, 0.4) is 0 Å². The number of hydrogen-bond acceptors (Lipinski definition) is 5. The van der Waals surface area contributed by atoms with Gasteiger partial charge in [0.2, 0.25) is 0 Å². The normalized spacial score (nSPS) is 12.7. The number of nitrogens with zero attached hydrogens (tertiary/aromatic N) is 2. The van der Waals surface area contributed by atoms with Crippen LogP contribution in [0.15, 0.2) is 12.1 Å². The average Bonchev–Trinajstić information content (AvgIpc) is 2.37. The smallest absolute Gasteiger partial charge is 0.148 e. The fourth-order valence-electron chi connectivity index (χ4n) is 1.37. The number of methoxy groups -OCH3 is 1. The van der Waals surface area contributed by atoms with Gasteiger partial charge in [0, 0.05) is 20.2 Å². The Morgan fingerprint density at radius 2 is 1.94 bits per heavy atom. The molecule has 1 heterocycles.